The molecule has 4 rings (SSSR count). The molecule has 0 saturated heterocycles. The topological polar surface area (TPSA) is 66.5 Å². The van der Waals surface area contributed by atoms with Crippen molar-refractivity contribution in [2.24, 2.45) is 0 Å². The summed E-state index contributed by atoms with van der Waals surface area (Å²) in [5.74, 6) is -0.659. The second-order valence-corrected chi connectivity index (χ2v) is 9.36. The van der Waals surface area contributed by atoms with E-state index in [2.05, 4.69) is 4.72 Å². The highest BCUT2D eigenvalue weighted by atomic mass is 32.2. The fourth-order valence-corrected chi connectivity index (χ4v) is 4.45. The Bertz CT molecular complexity index is 1180. The van der Waals surface area contributed by atoms with Crippen LogP contribution >= 0.6 is 0 Å². The Kier molecular flexibility index (Phi) is 6.15. The second-order valence-electron chi connectivity index (χ2n) is 7.59. The van der Waals surface area contributed by atoms with Gasteiger partial charge in [0, 0.05) is 30.3 Å². The molecule has 7 heteroatoms. The minimum Gasteiger partial charge on any atom is -0.331 e. The molecule has 160 valence electrons. The van der Waals surface area contributed by atoms with Crippen LogP contribution in [0.2, 0.25) is 0 Å². The molecule has 0 aromatic heterocycles. The summed E-state index contributed by atoms with van der Waals surface area (Å²) in [6, 6.07) is 21.6. The van der Waals surface area contributed by atoms with Crippen LogP contribution in [0.25, 0.3) is 0 Å². The van der Waals surface area contributed by atoms with Crippen LogP contribution < -0.4 is 4.72 Å². The van der Waals surface area contributed by atoms with Crippen molar-refractivity contribution in [1.29, 1.82) is 0 Å². The largest absolute Gasteiger partial charge is 0.331 e. The van der Waals surface area contributed by atoms with Gasteiger partial charge >= 0.3 is 0 Å². The van der Waals surface area contributed by atoms with Crippen LogP contribution in [-0.2, 0) is 23.1 Å². The van der Waals surface area contributed by atoms with Gasteiger partial charge in [-0.25, -0.2) is 17.5 Å². The highest BCUT2D eigenvalue weighted by Crippen LogP contribution is 2.30. The summed E-state index contributed by atoms with van der Waals surface area (Å²) in [6.45, 7) is 0.308. The van der Waals surface area contributed by atoms with Gasteiger partial charge in [0.15, 0.2) is 0 Å². The van der Waals surface area contributed by atoms with Crippen LogP contribution in [0, 0.1) is 5.82 Å². The van der Waals surface area contributed by atoms with E-state index in [1.807, 2.05) is 30.3 Å². The average molecular weight is 439 g/mol. The maximum Gasteiger partial charge on any atom is 0.254 e. The summed E-state index contributed by atoms with van der Waals surface area (Å²) >= 11 is 0. The van der Waals surface area contributed by atoms with Crippen LogP contribution in [0.1, 0.15) is 34.3 Å². The van der Waals surface area contributed by atoms with E-state index < -0.39 is 10.0 Å². The molecular weight excluding hydrogens is 415 g/mol. The summed E-state index contributed by atoms with van der Waals surface area (Å²) in [6.07, 6.45) is 1.72. The molecule has 31 heavy (non-hydrogen) atoms. The molecule has 5 nitrogen and oxygen atoms in total. The predicted octanol–water partition coefficient (Wildman–Crippen LogP) is 4.11. The number of halogens is 1. The lowest BCUT2D eigenvalue weighted by atomic mass is 10.1. The van der Waals surface area contributed by atoms with E-state index in [-0.39, 0.29) is 41.3 Å². The van der Waals surface area contributed by atoms with Gasteiger partial charge < -0.3 is 4.90 Å². The number of hydrogen-bond donors (Lipinski definition) is 1. The zero-order valence-electron chi connectivity index (χ0n) is 16.9. The highest BCUT2D eigenvalue weighted by molar-refractivity contribution is 7.89. The first-order valence-electron chi connectivity index (χ1n) is 10.1. The van der Waals surface area contributed by atoms with E-state index in [0.717, 1.165) is 18.4 Å². The van der Waals surface area contributed by atoms with Gasteiger partial charge in [0.25, 0.3) is 5.91 Å². The molecule has 1 amide bonds. The number of nitrogens with zero attached hydrogens (tertiary/aromatic N) is 1. The second kappa shape index (κ2) is 8.99. The van der Waals surface area contributed by atoms with Crippen molar-refractivity contribution in [2.75, 3.05) is 0 Å². The summed E-state index contributed by atoms with van der Waals surface area (Å²) in [7, 11) is -3.79. The maximum atomic E-state index is 14.1. The van der Waals surface area contributed by atoms with Gasteiger partial charge in [-0.2, -0.15) is 0 Å². The van der Waals surface area contributed by atoms with E-state index in [9.17, 15) is 17.6 Å². The molecule has 0 radical (unpaired) electrons. The lowest BCUT2D eigenvalue weighted by Gasteiger charge is -2.23. The predicted molar refractivity (Wildman–Crippen MR) is 116 cm³/mol. The molecule has 3 aromatic carbocycles. The van der Waals surface area contributed by atoms with Crippen LogP contribution in [0.3, 0.4) is 0 Å². The standard InChI is InChI=1S/C24H23FN2O3S/c25-23-12-5-4-9-20(23)17-27(21-13-14-21)24(28)19-10-6-11-22(15-19)31(29,30)26-16-18-7-2-1-3-8-18/h1-12,15,21,26H,13-14,16-17H2. The molecule has 3 aromatic rings. The summed E-state index contributed by atoms with van der Waals surface area (Å²) in [5, 5.41) is 0. The zero-order chi connectivity index (χ0) is 21.8. The van der Waals surface area contributed by atoms with Crippen LogP contribution in [0.4, 0.5) is 4.39 Å². The maximum absolute atomic E-state index is 14.1. The number of sulfonamides is 1. The highest BCUT2D eigenvalue weighted by Gasteiger charge is 2.33. The van der Waals surface area contributed by atoms with Gasteiger partial charge in [-0.05, 0) is 42.7 Å². The smallest absolute Gasteiger partial charge is 0.254 e. The van der Waals surface area contributed by atoms with Crippen molar-refractivity contribution >= 4 is 15.9 Å². The first-order valence-corrected chi connectivity index (χ1v) is 11.6. The molecule has 0 bridgehead atoms. The van der Waals surface area contributed by atoms with Gasteiger partial charge in [0.1, 0.15) is 5.82 Å². The Balaban J connectivity index is 1.53. The Morgan fingerprint density at radius 3 is 2.39 bits per heavy atom. The summed E-state index contributed by atoms with van der Waals surface area (Å²) in [5.41, 5.74) is 1.55. The molecule has 1 aliphatic carbocycles. The number of benzene rings is 3. The molecule has 0 atom stereocenters. The molecule has 0 spiro atoms. The molecule has 1 aliphatic rings. The Morgan fingerprint density at radius 2 is 1.68 bits per heavy atom. The number of carbonyl (C=O) groups is 1. The number of hydrogen-bond acceptors (Lipinski definition) is 3. The molecule has 0 heterocycles. The van der Waals surface area contributed by atoms with Crippen molar-refractivity contribution in [3.05, 3.63) is 101 Å². The zero-order valence-corrected chi connectivity index (χ0v) is 17.7. The Labute approximate surface area is 181 Å². The third-order valence-corrected chi connectivity index (χ3v) is 6.65. The third-order valence-electron chi connectivity index (χ3n) is 5.25. The van der Waals surface area contributed by atoms with E-state index in [4.69, 9.17) is 0 Å². The molecule has 0 aliphatic heterocycles. The number of nitrogens with one attached hydrogen (secondary N) is 1. The lowest BCUT2D eigenvalue weighted by molar-refractivity contribution is 0.0728. The van der Waals surface area contributed by atoms with Crippen LogP contribution in [-0.4, -0.2) is 25.3 Å². The van der Waals surface area contributed by atoms with Gasteiger partial charge in [-0.3, -0.25) is 4.79 Å². The van der Waals surface area contributed by atoms with E-state index in [0.29, 0.717) is 5.56 Å². The van der Waals surface area contributed by atoms with E-state index in [1.165, 1.54) is 18.2 Å². The fourth-order valence-electron chi connectivity index (χ4n) is 3.38. The Hall–Kier alpha value is -3.03. The van der Waals surface area contributed by atoms with Gasteiger partial charge in [0.05, 0.1) is 4.90 Å². The van der Waals surface area contributed by atoms with Crippen molar-refractivity contribution < 1.29 is 17.6 Å². The van der Waals surface area contributed by atoms with Crippen LogP contribution in [0.15, 0.2) is 83.8 Å². The third kappa shape index (κ3) is 5.18. The summed E-state index contributed by atoms with van der Waals surface area (Å²) in [4.78, 5) is 14.8. The average Bonchev–Trinajstić information content (AvgIpc) is 3.63. The monoisotopic (exact) mass is 438 g/mol. The first kappa shape index (κ1) is 21.2. The van der Waals surface area contributed by atoms with E-state index >= 15 is 0 Å². The van der Waals surface area contributed by atoms with Crippen molar-refractivity contribution in [3.63, 3.8) is 0 Å². The van der Waals surface area contributed by atoms with Gasteiger partial charge in [0.2, 0.25) is 10.0 Å². The van der Waals surface area contributed by atoms with E-state index in [1.54, 1.807) is 35.2 Å². The Morgan fingerprint density at radius 1 is 0.968 bits per heavy atom. The first-order chi connectivity index (χ1) is 14.9. The molecule has 1 fully saturated rings. The van der Waals surface area contributed by atoms with Crippen molar-refractivity contribution in [1.82, 2.24) is 9.62 Å². The number of carbonyl (C=O) groups excluding carboxylic acids is 1. The van der Waals surface area contributed by atoms with Crippen molar-refractivity contribution in [3.8, 4) is 0 Å². The normalized spacial score (nSPS) is 13.7. The molecule has 0 unspecified atom stereocenters. The van der Waals surface area contributed by atoms with Gasteiger partial charge in [-0.15, -0.1) is 0 Å². The minimum absolute atomic E-state index is 0.0240. The van der Waals surface area contributed by atoms with Gasteiger partial charge in [-0.1, -0.05) is 54.6 Å². The minimum atomic E-state index is -3.79. The fraction of sp³-hybridized carbons (Fsp3) is 0.208. The van der Waals surface area contributed by atoms with Crippen LogP contribution in [0.5, 0.6) is 0 Å². The molecular formula is C24H23FN2O3S. The molecule has 1 N–H and O–H groups in total. The molecule has 1 saturated carbocycles. The quantitative estimate of drug-likeness (QED) is 0.576. The summed E-state index contributed by atoms with van der Waals surface area (Å²) < 4.78 is 42.2. The van der Waals surface area contributed by atoms with Crippen molar-refractivity contribution in [2.45, 2.75) is 36.9 Å². The lowest BCUT2D eigenvalue weighted by Crippen LogP contribution is -2.33. The SMILES string of the molecule is O=C(c1cccc(S(=O)(=O)NCc2ccccc2)c1)N(Cc1ccccc1F)C1CC1. The number of amides is 1. The number of rotatable bonds is 8.